The second kappa shape index (κ2) is 9.16. The van der Waals surface area contributed by atoms with Crippen LogP contribution in [0.4, 0.5) is 0 Å². The second-order valence-electron chi connectivity index (χ2n) is 13.6. The lowest BCUT2D eigenvalue weighted by Crippen LogP contribution is -2.31. The lowest BCUT2D eigenvalue weighted by atomic mass is 9.63. The van der Waals surface area contributed by atoms with Crippen LogP contribution in [-0.2, 0) is 16.2 Å². The van der Waals surface area contributed by atoms with Gasteiger partial charge >= 0.3 is 0 Å². The maximum absolute atomic E-state index is 4.22. The first kappa shape index (κ1) is 26.9. The molecule has 0 heterocycles. The Bertz CT molecular complexity index is 2080. The Morgan fingerprint density at radius 3 is 1.57 bits per heavy atom. The maximum atomic E-state index is 4.22. The van der Waals surface area contributed by atoms with Gasteiger partial charge in [-0.15, -0.1) is 0 Å². The van der Waals surface area contributed by atoms with Gasteiger partial charge in [0.05, 0.1) is 5.41 Å². The number of hydrogen-bond acceptors (Lipinski definition) is 0. The highest BCUT2D eigenvalue weighted by Gasteiger charge is 2.56. The van der Waals surface area contributed by atoms with E-state index < -0.39 is 5.41 Å². The van der Waals surface area contributed by atoms with Gasteiger partial charge in [0.2, 0.25) is 0 Å². The summed E-state index contributed by atoms with van der Waals surface area (Å²) in [5, 5.41) is 0. The molecule has 0 bridgehead atoms. The number of hydrogen-bond donors (Lipinski definition) is 0. The molecule has 5 aromatic carbocycles. The molecule has 0 saturated carbocycles. The van der Waals surface area contributed by atoms with Crippen LogP contribution < -0.4 is 0 Å². The van der Waals surface area contributed by atoms with Crippen molar-refractivity contribution in [3.63, 3.8) is 0 Å². The molecule has 44 heavy (non-hydrogen) atoms. The van der Waals surface area contributed by atoms with Crippen LogP contribution in [0.15, 0.2) is 140 Å². The molecule has 3 aliphatic rings. The molecule has 0 nitrogen and oxygen atoms in total. The highest BCUT2D eigenvalue weighted by molar-refractivity contribution is 6.07. The van der Waals surface area contributed by atoms with Crippen LogP contribution in [0.25, 0.3) is 33.4 Å². The minimum Gasteiger partial charge on any atom is -0.0991 e. The first-order valence-corrected chi connectivity index (χ1v) is 15.9. The van der Waals surface area contributed by atoms with Crippen LogP contribution in [0.2, 0.25) is 0 Å². The molecule has 0 radical (unpaired) electrons. The van der Waals surface area contributed by atoms with Crippen molar-refractivity contribution in [2.45, 2.75) is 50.9 Å². The predicted molar refractivity (Wildman–Crippen MR) is 186 cm³/mol. The molecule has 0 unspecified atom stereocenters. The molecule has 5 aromatic rings. The van der Waals surface area contributed by atoms with Crippen LogP contribution in [0.5, 0.6) is 0 Å². The van der Waals surface area contributed by atoms with E-state index in [9.17, 15) is 0 Å². The van der Waals surface area contributed by atoms with Gasteiger partial charge in [-0.05, 0) is 84.8 Å². The van der Waals surface area contributed by atoms with Gasteiger partial charge in [-0.1, -0.05) is 162 Å². The molecular formula is C44H38. The lowest BCUT2D eigenvalue weighted by Gasteiger charge is -2.38. The fourth-order valence-electron chi connectivity index (χ4n) is 9.17. The summed E-state index contributed by atoms with van der Waals surface area (Å²) >= 11 is 0. The van der Waals surface area contributed by atoms with Crippen molar-refractivity contribution in [2.24, 2.45) is 0 Å². The van der Waals surface area contributed by atoms with E-state index in [1.54, 1.807) is 0 Å². The average molecular weight is 567 g/mol. The fraction of sp³-hybridized carbons (Fsp3) is 0.182. The van der Waals surface area contributed by atoms with Crippen molar-refractivity contribution in [3.8, 4) is 33.4 Å². The molecule has 1 atom stereocenters. The molecule has 0 saturated heterocycles. The molecule has 0 amide bonds. The number of benzene rings is 5. The van der Waals surface area contributed by atoms with Crippen molar-refractivity contribution in [3.05, 3.63) is 179 Å². The zero-order chi connectivity index (χ0) is 30.4. The fourth-order valence-corrected chi connectivity index (χ4v) is 9.17. The largest absolute Gasteiger partial charge is 0.0991 e. The lowest BCUT2D eigenvalue weighted by molar-refractivity contribution is 0.600. The maximum Gasteiger partial charge on any atom is 0.0719 e. The van der Waals surface area contributed by atoms with E-state index in [1.165, 1.54) is 77.9 Å². The van der Waals surface area contributed by atoms with Gasteiger partial charge in [0.15, 0.2) is 0 Å². The number of fused-ring (bicyclic) bond motifs is 12. The van der Waals surface area contributed by atoms with Crippen LogP contribution in [0.1, 0.15) is 73.6 Å². The normalized spacial score (nSPS) is 19.6. The summed E-state index contributed by atoms with van der Waals surface area (Å²) in [6.45, 7) is 16.1. The third-order valence-electron chi connectivity index (χ3n) is 10.7. The molecule has 3 aliphatic carbocycles. The number of rotatable bonds is 4. The summed E-state index contributed by atoms with van der Waals surface area (Å²) in [5.74, 6) is 0. The number of allylic oxidation sites excluding steroid dienone is 5. The molecule has 0 aliphatic heterocycles. The first-order chi connectivity index (χ1) is 21.3. The summed E-state index contributed by atoms with van der Waals surface area (Å²) in [4.78, 5) is 0. The van der Waals surface area contributed by atoms with E-state index in [0.29, 0.717) is 0 Å². The highest BCUT2D eigenvalue weighted by atomic mass is 14.6. The highest BCUT2D eigenvalue weighted by Crippen LogP contribution is 2.69. The third kappa shape index (κ3) is 3.09. The molecule has 0 aromatic heterocycles. The monoisotopic (exact) mass is 566 g/mol. The Morgan fingerprint density at radius 2 is 1.00 bits per heavy atom. The molecule has 0 spiro atoms. The van der Waals surface area contributed by atoms with Crippen LogP contribution in [0.3, 0.4) is 0 Å². The topological polar surface area (TPSA) is 0 Å². The van der Waals surface area contributed by atoms with Crippen molar-refractivity contribution in [2.75, 3.05) is 0 Å². The first-order valence-electron chi connectivity index (χ1n) is 15.9. The van der Waals surface area contributed by atoms with Gasteiger partial charge in [-0.2, -0.15) is 0 Å². The van der Waals surface area contributed by atoms with E-state index in [2.05, 4.69) is 163 Å². The van der Waals surface area contributed by atoms with E-state index in [1.807, 2.05) is 6.08 Å². The summed E-state index contributed by atoms with van der Waals surface area (Å²) in [5.41, 5.74) is 18.6. The van der Waals surface area contributed by atoms with Gasteiger partial charge in [-0.3, -0.25) is 0 Å². The Morgan fingerprint density at radius 1 is 0.545 bits per heavy atom. The zero-order valence-corrected chi connectivity index (χ0v) is 26.3. The zero-order valence-electron chi connectivity index (χ0n) is 26.3. The Hall–Kier alpha value is -4.68. The quantitative estimate of drug-likeness (QED) is 0.190. The van der Waals surface area contributed by atoms with Gasteiger partial charge < -0.3 is 0 Å². The minimum absolute atomic E-state index is 0.138. The Kier molecular flexibility index (Phi) is 5.60. The van der Waals surface area contributed by atoms with Crippen molar-refractivity contribution in [1.82, 2.24) is 0 Å². The van der Waals surface area contributed by atoms with E-state index >= 15 is 0 Å². The van der Waals surface area contributed by atoms with E-state index in [4.69, 9.17) is 0 Å². The molecule has 8 rings (SSSR count). The summed E-state index contributed by atoms with van der Waals surface area (Å²) in [6.07, 6.45) is 8.70. The molecule has 0 N–H and O–H groups in total. The van der Waals surface area contributed by atoms with Gasteiger partial charge in [0.25, 0.3) is 0 Å². The Labute approximate surface area is 262 Å². The summed E-state index contributed by atoms with van der Waals surface area (Å²) < 4.78 is 0. The smallest absolute Gasteiger partial charge is 0.0719 e. The van der Waals surface area contributed by atoms with Crippen LogP contribution in [0, 0.1) is 0 Å². The Balaban J connectivity index is 1.72. The average Bonchev–Trinajstić information content (AvgIpc) is 3.57. The molecule has 0 fully saturated rings. The van der Waals surface area contributed by atoms with E-state index in [-0.39, 0.29) is 10.8 Å². The SMILES string of the molecule is C=C/C=C(\C=C/C)[C@@]1(c2ccccc2)c2ccccc2-c2c3c(c4c(c21)-c1ccccc1C4(C)C)C(C)(C)c1ccccc1-3. The standard InChI is InChI=1S/C44H38/c1-7-18-28(19-8-2)44(29-20-10-9-11-21-29)35-27-17-14-24-32(35)36-37-30-22-12-15-25-33(30)42(3,4)40(37)41-38(39(36)44)31-23-13-16-26-34(31)43(41,5)6/h7-27H,1H2,2-6H3/b19-8-,28-18+/t44-/m1/s1. The minimum atomic E-state index is -0.526. The van der Waals surface area contributed by atoms with Gasteiger partial charge in [-0.25, -0.2) is 0 Å². The molecule has 0 heteroatoms. The summed E-state index contributed by atoms with van der Waals surface area (Å²) in [6, 6.07) is 38.7. The van der Waals surface area contributed by atoms with Gasteiger partial charge in [0.1, 0.15) is 0 Å². The second-order valence-corrected chi connectivity index (χ2v) is 13.6. The molecular weight excluding hydrogens is 528 g/mol. The predicted octanol–water partition coefficient (Wildman–Crippen LogP) is 11.3. The van der Waals surface area contributed by atoms with Crippen LogP contribution in [-0.4, -0.2) is 0 Å². The van der Waals surface area contributed by atoms with E-state index in [0.717, 1.165) is 0 Å². The van der Waals surface area contributed by atoms with Crippen LogP contribution >= 0.6 is 0 Å². The van der Waals surface area contributed by atoms with Crippen molar-refractivity contribution in [1.29, 1.82) is 0 Å². The van der Waals surface area contributed by atoms with Crippen molar-refractivity contribution < 1.29 is 0 Å². The third-order valence-corrected chi connectivity index (χ3v) is 10.7. The molecule has 214 valence electrons. The van der Waals surface area contributed by atoms with Gasteiger partial charge in [0, 0.05) is 10.8 Å². The summed E-state index contributed by atoms with van der Waals surface area (Å²) in [7, 11) is 0. The van der Waals surface area contributed by atoms with Crippen molar-refractivity contribution >= 4 is 0 Å².